The molecule has 3 aliphatic rings. The predicted octanol–water partition coefficient (Wildman–Crippen LogP) is 17.4. The number of benzene rings is 8. The molecule has 1 aromatic heterocycles. The van der Waals surface area contributed by atoms with Gasteiger partial charge in [0.1, 0.15) is 0 Å². The molecule has 12 rings (SSSR count). The van der Waals surface area contributed by atoms with Crippen LogP contribution in [-0.2, 0) is 21.7 Å². The van der Waals surface area contributed by atoms with E-state index >= 15 is 0 Å². The van der Waals surface area contributed by atoms with Gasteiger partial charge in [0.2, 0.25) is 0 Å². The fourth-order valence-electron chi connectivity index (χ4n) is 11.9. The molecule has 0 atom stereocenters. The smallest absolute Gasteiger partial charge is 0.264 e. The molecular weight excluding hydrogens is 890 g/mol. The van der Waals surface area contributed by atoms with Crippen LogP contribution in [0.2, 0.25) is 0 Å². The van der Waals surface area contributed by atoms with Gasteiger partial charge in [-0.05, 0) is 153 Å². The van der Waals surface area contributed by atoms with Gasteiger partial charge >= 0.3 is 0 Å². The summed E-state index contributed by atoms with van der Waals surface area (Å²) in [7, 11) is 0. The van der Waals surface area contributed by atoms with Crippen molar-refractivity contribution in [3.8, 4) is 11.1 Å². The molecule has 8 aromatic carbocycles. The van der Waals surface area contributed by atoms with Crippen molar-refractivity contribution in [3.63, 3.8) is 0 Å². The van der Waals surface area contributed by atoms with E-state index in [1.165, 1.54) is 59.4 Å². The highest BCUT2D eigenvalue weighted by Crippen LogP contribution is 2.54. The quantitative estimate of drug-likeness (QED) is 0.154. The lowest BCUT2D eigenvalue weighted by molar-refractivity contribution is 0.332. The molecule has 5 heteroatoms. The molecule has 72 heavy (non-hydrogen) atoms. The number of anilines is 9. The Morgan fingerprint density at radius 3 is 1.78 bits per heavy atom. The molecular formula is C67H66BN3S. The number of para-hydroxylation sites is 2. The van der Waals surface area contributed by atoms with Crippen LogP contribution in [0.1, 0.15) is 114 Å². The highest BCUT2D eigenvalue weighted by Gasteiger charge is 2.48. The summed E-state index contributed by atoms with van der Waals surface area (Å²) in [5.74, 6) is 0. The molecule has 0 amide bonds. The van der Waals surface area contributed by atoms with E-state index in [2.05, 4.69) is 236 Å². The van der Waals surface area contributed by atoms with Crippen LogP contribution in [0.5, 0.6) is 0 Å². The Morgan fingerprint density at radius 2 is 1.12 bits per heavy atom. The third-order valence-corrected chi connectivity index (χ3v) is 17.3. The van der Waals surface area contributed by atoms with E-state index in [-0.39, 0.29) is 28.4 Å². The maximum Gasteiger partial charge on any atom is 0.264 e. The van der Waals surface area contributed by atoms with Gasteiger partial charge in [0.15, 0.2) is 0 Å². The fraction of sp³-hybridized carbons (Fsp3) is 0.254. The minimum Gasteiger partial charge on any atom is -0.311 e. The van der Waals surface area contributed by atoms with Gasteiger partial charge in [-0.1, -0.05) is 178 Å². The van der Waals surface area contributed by atoms with Crippen molar-refractivity contribution < 1.29 is 4.11 Å². The number of hydrogen-bond acceptors (Lipinski definition) is 4. The SMILES string of the molecule is [2H]C([2H])([2H])c1ccc(N(c2ccccc2)c2cc3c4c(c2)N(c2ccc(C(C)(C)C)cc2)c2c(sc5ccc(C(C)(C)C)cc25)B4c2cc4c(cc2N3c2ccccc2-c2ccccc2)C(C)(C)CCC4(C)C)cc1. The lowest BCUT2D eigenvalue weighted by Gasteiger charge is -2.47. The summed E-state index contributed by atoms with van der Waals surface area (Å²) in [5.41, 5.74) is 20.2. The Balaban J connectivity index is 1.26. The lowest BCUT2D eigenvalue weighted by atomic mass is 9.35. The zero-order chi connectivity index (χ0) is 52.6. The number of nitrogens with zero attached hydrogens (tertiary/aromatic N) is 3. The van der Waals surface area contributed by atoms with Crippen molar-refractivity contribution in [2.75, 3.05) is 14.7 Å². The van der Waals surface area contributed by atoms with Gasteiger partial charge in [-0.2, -0.15) is 0 Å². The summed E-state index contributed by atoms with van der Waals surface area (Å²) < 4.78 is 27.6. The number of hydrogen-bond donors (Lipinski definition) is 0. The third-order valence-electron chi connectivity index (χ3n) is 16.1. The molecule has 0 saturated heterocycles. The van der Waals surface area contributed by atoms with E-state index in [0.29, 0.717) is 5.56 Å². The van der Waals surface area contributed by atoms with Crippen LogP contribution < -0.4 is 30.4 Å². The summed E-state index contributed by atoms with van der Waals surface area (Å²) in [5, 5.41) is 1.26. The zero-order valence-electron chi connectivity index (χ0n) is 46.5. The second-order valence-electron chi connectivity index (χ2n) is 23.9. The van der Waals surface area contributed by atoms with Gasteiger partial charge in [-0.25, -0.2) is 0 Å². The number of fused-ring (bicyclic) bond motifs is 7. The van der Waals surface area contributed by atoms with Crippen molar-refractivity contribution in [2.24, 2.45) is 0 Å². The summed E-state index contributed by atoms with van der Waals surface area (Å²) >= 11 is 1.95. The average molecular weight is 959 g/mol. The normalized spacial score (nSPS) is 16.2. The van der Waals surface area contributed by atoms with Crippen LogP contribution >= 0.6 is 11.3 Å². The molecule has 9 aromatic rings. The molecule has 1 aliphatic carbocycles. The molecule has 0 fully saturated rings. The molecule has 0 unspecified atom stereocenters. The first-order chi connectivity index (χ1) is 35.6. The number of aryl methyl sites for hydroxylation is 1. The van der Waals surface area contributed by atoms with Gasteiger partial charge in [0, 0.05) is 58.7 Å². The van der Waals surface area contributed by atoms with Gasteiger partial charge in [0.05, 0.1) is 17.1 Å². The van der Waals surface area contributed by atoms with Crippen molar-refractivity contribution in [3.05, 3.63) is 204 Å². The Labute approximate surface area is 437 Å². The van der Waals surface area contributed by atoms with Crippen LogP contribution in [0.15, 0.2) is 176 Å². The maximum atomic E-state index is 8.32. The van der Waals surface area contributed by atoms with Crippen LogP contribution in [0.25, 0.3) is 21.2 Å². The van der Waals surface area contributed by atoms with E-state index < -0.39 is 6.85 Å². The van der Waals surface area contributed by atoms with Gasteiger partial charge in [-0.3, -0.25) is 0 Å². The van der Waals surface area contributed by atoms with E-state index in [4.69, 9.17) is 4.11 Å². The van der Waals surface area contributed by atoms with E-state index in [1.54, 1.807) is 12.1 Å². The molecule has 3 heterocycles. The minimum atomic E-state index is -2.24. The lowest BCUT2D eigenvalue weighted by Crippen LogP contribution is -2.61. The van der Waals surface area contributed by atoms with E-state index in [0.717, 1.165) is 63.8 Å². The number of thiophene rings is 1. The summed E-state index contributed by atoms with van der Waals surface area (Å²) in [6.07, 6.45) is 2.22. The third kappa shape index (κ3) is 7.53. The molecule has 0 N–H and O–H groups in total. The first-order valence-corrected chi connectivity index (χ1v) is 26.6. The van der Waals surface area contributed by atoms with Crippen molar-refractivity contribution >= 4 is 95.0 Å². The van der Waals surface area contributed by atoms with Crippen molar-refractivity contribution in [2.45, 2.75) is 111 Å². The maximum absolute atomic E-state index is 8.32. The molecule has 0 bridgehead atoms. The molecule has 3 nitrogen and oxygen atoms in total. The highest BCUT2D eigenvalue weighted by atomic mass is 32.1. The Bertz CT molecular complexity index is 3680. The van der Waals surface area contributed by atoms with Crippen molar-refractivity contribution in [1.29, 1.82) is 0 Å². The first kappa shape index (κ1) is 42.8. The molecule has 358 valence electrons. The standard InChI is InChI=1S/C67H66BN3S/c1-43-26-31-48(32-27-43)69(47-22-16-13-17-23-47)50-39-58-61-59(40-50)71(56-25-19-18-24-51(56)44-20-14-12-15-21-44)57-42-54-53(66(8,9)36-37-67(54,10)11)41-55(57)68(61)63-62(52-38-46(65(5,6)7)30-35-60(52)72-63)70(58)49-33-28-45(29-34-49)64(2,3)4/h12-35,38-42H,36-37H2,1-11H3/i1D3. The van der Waals surface area contributed by atoms with Gasteiger partial charge < -0.3 is 14.7 Å². The van der Waals surface area contributed by atoms with Gasteiger partial charge in [0.25, 0.3) is 6.71 Å². The fourth-order valence-corrected chi connectivity index (χ4v) is 13.2. The molecule has 0 saturated carbocycles. The van der Waals surface area contributed by atoms with Crippen LogP contribution in [-0.4, -0.2) is 6.71 Å². The zero-order valence-corrected chi connectivity index (χ0v) is 44.3. The van der Waals surface area contributed by atoms with E-state index in [9.17, 15) is 0 Å². The van der Waals surface area contributed by atoms with E-state index in [1.807, 2.05) is 23.5 Å². The summed E-state index contributed by atoms with van der Waals surface area (Å²) in [6, 6.07) is 64.4. The average Bonchev–Trinajstić information content (AvgIpc) is 3.81. The Morgan fingerprint density at radius 1 is 0.542 bits per heavy atom. The second kappa shape index (κ2) is 16.6. The molecule has 0 spiro atoms. The number of rotatable bonds is 6. The summed E-state index contributed by atoms with van der Waals surface area (Å²) in [6.45, 7) is 21.3. The molecule has 0 radical (unpaired) electrons. The first-order valence-electron chi connectivity index (χ1n) is 27.3. The Kier molecular flexibility index (Phi) is 9.88. The minimum absolute atomic E-state index is 0.0228. The molecule has 2 aliphatic heterocycles. The van der Waals surface area contributed by atoms with Crippen LogP contribution in [0.3, 0.4) is 0 Å². The Hall–Kier alpha value is -6.82. The largest absolute Gasteiger partial charge is 0.311 e. The second-order valence-corrected chi connectivity index (χ2v) is 25.0. The highest BCUT2D eigenvalue weighted by molar-refractivity contribution is 7.33. The predicted molar refractivity (Wildman–Crippen MR) is 313 cm³/mol. The summed E-state index contributed by atoms with van der Waals surface area (Å²) in [4.78, 5) is 7.50. The monoisotopic (exact) mass is 959 g/mol. The topological polar surface area (TPSA) is 9.72 Å². The van der Waals surface area contributed by atoms with Crippen molar-refractivity contribution in [1.82, 2.24) is 0 Å². The van der Waals surface area contributed by atoms with Gasteiger partial charge in [-0.15, -0.1) is 11.3 Å². The van der Waals surface area contributed by atoms with Crippen LogP contribution in [0, 0.1) is 6.85 Å². The van der Waals surface area contributed by atoms with Crippen LogP contribution in [0.4, 0.5) is 51.2 Å².